The summed E-state index contributed by atoms with van der Waals surface area (Å²) in [6.07, 6.45) is 7.92. The van der Waals surface area contributed by atoms with Crippen molar-refractivity contribution in [3.05, 3.63) is 186 Å². The van der Waals surface area contributed by atoms with Crippen LogP contribution in [0.1, 0.15) is 114 Å². The minimum absolute atomic E-state index is 0. The number of nitrogens with zero attached hydrogens (tertiary/aromatic N) is 3. The molecule has 0 N–H and O–H groups in total. The molecule has 1 radical (unpaired) electrons. The minimum atomic E-state index is -2.18. The molecule has 0 saturated heterocycles. The molecule has 5 heteroatoms. The standard InChI is InChI=1S/C45H43N2O.C13H12N.Ir/c1-29(2)36-18-13-19-37(30(3)4)44(36)47-41-21-12-11-20-40(41)46-45(47)35-26-38(33-24-22-32(23-25-33)31-14-7-5-8-15-31)39-28-42(48-43(39)27-35)34-16-9-6-10-17-34;1-10-3-6-12(7-4-10)13-8-5-11(2)9-14-13;/h6,9-13,16-26,28-31H,5,7-8,14-15H2,1-4H3;3-6,8-9H,1-2H3;/q2*-1;/i;1D3,2D3;. The van der Waals surface area contributed by atoms with Gasteiger partial charge in [0.1, 0.15) is 5.76 Å². The van der Waals surface area contributed by atoms with Crippen LogP contribution in [0.5, 0.6) is 0 Å². The average Bonchev–Trinajstić information content (AvgIpc) is 3.96. The van der Waals surface area contributed by atoms with Gasteiger partial charge in [0.05, 0.1) is 22.4 Å². The zero-order valence-electron chi connectivity index (χ0n) is 42.2. The Morgan fingerprint density at radius 2 is 1.41 bits per heavy atom. The second kappa shape index (κ2) is 19.3. The van der Waals surface area contributed by atoms with Crippen LogP contribution in [-0.4, -0.2) is 14.5 Å². The summed E-state index contributed by atoms with van der Waals surface area (Å²) in [7, 11) is 0. The summed E-state index contributed by atoms with van der Waals surface area (Å²) in [6.45, 7) is 4.78. The molecule has 63 heavy (non-hydrogen) atoms. The first-order valence-corrected chi connectivity index (χ1v) is 21.9. The second-order valence-electron chi connectivity index (χ2n) is 17.1. The van der Waals surface area contributed by atoms with Gasteiger partial charge in [0.2, 0.25) is 0 Å². The van der Waals surface area contributed by atoms with Crippen molar-refractivity contribution in [3.8, 4) is 50.8 Å². The molecule has 9 aromatic rings. The molecule has 1 fully saturated rings. The number of pyridine rings is 1. The number of aromatic nitrogens is 3. The van der Waals surface area contributed by atoms with Crippen LogP contribution in [0, 0.1) is 25.8 Å². The SMILES string of the molecule is CC(C)c1cccc(C(C)C)c1-n1c(-c2[c-]c3oc(-c4ccccc4)cc3c(-c3ccc(C4CCCCC4)cc3)c2)nc2ccccc21.[2H]C([2H])([2H])c1c[c-]c(-c2ccc(C([2H])([2H])[2H])cn2)cc1.[Ir]. The van der Waals surface area contributed by atoms with Crippen LogP contribution >= 0.6 is 0 Å². The van der Waals surface area contributed by atoms with Gasteiger partial charge in [-0.1, -0.05) is 168 Å². The van der Waals surface area contributed by atoms with Crippen LogP contribution in [0.4, 0.5) is 0 Å². The van der Waals surface area contributed by atoms with Gasteiger partial charge in [0, 0.05) is 45.8 Å². The molecule has 0 atom stereocenters. The van der Waals surface area contributed by atoms with Crippen LogP contribution in [0.2, 0.25) is 0 Å². The van der Waals surface area contributed by atoms with Crippen molar-refractivity contribution < 1.29 is 32.7 Å². The molecule has 319 valence electrons. The maximum absolute atomic E-state index is 7.28. The molecule has 0 amide bonds. The number of fused-ring (bicyclic) bond motifs is 2. The van der Waals surface area contributed by atoms with E-state index in [1.807, 2.05) is 6.07 Å². The van der Waals surface area contributed by atoms with E-state index >= 15 is 0 Å². The number of hydrogen-bond donors (Lipinski definition) is 0. The molecule has 0 unspecified atom stereocenters. The normalized spacial score (nSPS) is 14.8. The molecule has 3 aromatic heterocycles. The first kappa shape index (κ1) is 36.6. The van der Waals surface area contributed by atoms with Gasteiger partial charge < -0.3 is 14.0 Å². The molecule has 0 spiro atoms. The van der Waals surface area contributed by atoms with Crippen LogP contribution in [0.15, 0.2) is 150 Å². The van der Waals surface area contributed by atoms with Crippen molar-refractivity contribution in [2.75, 3.05) is 0 Å². The number of hydrogen-bond acceptors (Lipinski definition) is 3. The number of rotatable bonds is 8. The monoisotopic (exact) mass is 1010 g/mol. The van der Waals surface area contributed by atoms with Crippen molar-refractivity contribution >= 4 is 22.0 Å². The Bertz CT molecular complexity index is 3080. The van der Waals surface area contributed by atoms with Gasteiger partial charge >= 0.3 is 0 Å². The van der Waals surface area contributed by atoms with Crippen LogP contribution < -0.4 is 0 Å². The van der Waals surface area contributed by atoms with Crippen LogP contribution in [0.3, 0.4) is 0 Å². The van der Waals surface area contributed by atoms with E-state index < -0.39 is 13.7 Å². The largest absolute Gasteiger partial charge is 0.477 e. The molecule has 0 bridgehead atoms. The Morgan fingerprint density at radius 3 is 2.08 bits per heavy atom. The summed E-state index contributed by atoms with van der Waals surface area (Å²) in [5.41, 5.74) is 14.0. The first-order chi connectivity index (χ1) is 32.6. The Kier molecular flexibility index (Phi) is 11.2. The molecule has 1 saturated carbocycles. The first-order valence-electron chi connectivity index (χ1n) is 24.9. The summed E-state index contributed by atoms with van der Waals surface area (Å²) in [5.74, 6) is 3.08. The average molecular weight is 1010 g/mol. The van der Waals surface area contributed by atoms with Crippen molar-refractivity contribution in [1.82, 2.24) is 14.5 Å². The van der Waals surface area contributed by atoms with Gasteiger partial charge in [-0.2, -0.15) is 0 Å². The van der Waals surface area contributed by atoms with Gasteiger partial charge in [0.15, 0.2) is 0 Å². The zero-order chi connectivity index (χ0) is 47.7. The van der Waals surface area contributed by atoms with E-state index in [0.29, 0.717) is 29.0 Å². The fourth-order valence-corrected chi connectivity index (χ4v) is 8.88. The third-order valence-electron chi connectivity index (χ3n) is 12.1. The van der Waals surface area contributed by atoms with E-state index in [1.165, 1.54) is 84.4 Å². The number of furan rings is 1. The van der Waals surface area contributed by atoms with Crippen LogP contribution in [-0.2, 0) is 20.1 Å². The van der Waals surface area contributed by atoms with E-state index in [1.54, 1.807) is 12.1 Å². The summed E-state index contributed by atoms with van der Waals surface area (Å²) < 4.78 is 52.7. The Balaban J connectivity index is 0.000000257. The van der Waals surface area contributed by atoms with Crippen molar-refractivity contribution in [1.29, 1.82) is 0 Å². The van der Waals surface area contributed by atoms with E-state index in [9.17, 15) is 0 Å². The molecule has 1 aliphatic rings. The van der Waals surface area contributed by atoms with E-state index in [0.717, 1.165) is 50.3 Å². The minimum Gasteiger partial charge on any atom is -0.477 e. The molecule has 1 aliphatic carbocycles. The second-order valence-corrected chi connectivity index (χ2v) is 17.1. The topological polar surface area (TPSA) is 43.9 Å². The van der Waals surface area contributed by atoms with Gasteiger partial charge in [-0.25, -0.2) is 0 Å². The van der Waals surface area contributed by atoms with Gasteiger partial charge in [-0.3, -0.25) is 4.98 Å². The molecular formula is C58H55IrN3O-2. The summed E-state index contributed by atoms with van der Waals surface area (Å²) in [5, 5.41) is 1.07. The third-order valence-corrected chi connectivity index (χ3v) is 12.1. The van der Waals surface area contributed by atoms with Gasteiger partial charge in [-0.05, 0) is 89.2 Å². The molecule has 4 nitrogen and oxygen atoms in total. The van der Waals surface area contributed by atoms with Gasteiger partial charge in [0.25, 0.3) is 0 Å². The Morgan fingerprint density at radius 1 is 0.698 bits per heavy atom. The van der Waals surface area contributed by atoms with Gasteiger partial charge in [-0.15, -0.1) is 47.0 Å². The maximum Gasteiger partial charge on any atom is 0.123 e. The van der Waals surface area contributed by atoms with Crippen LogP contribution in [0.25, 0.3) is 72.8 Å². The van der Waals surface area contributed by atoms with Crippen molar-refractivity contribution in [2.24, 2.45) is 0 Å². The quantitative estimate of drug-likeness (QED) is 0.143. The fraction of sp³-hybridized carbons (Fsp3) is 0.241. The molecule has 10 rings (SSSR count). The number of benzene rings is 6. The van der Waals surface area contributed by atoms with E-state index in [2.05, 4.69) is 153 Å². The summed E-state index contributed by atoms with van der Waals surface area (Å²) >= 11 is 0. The molecule has 6 aromatic carbocycles. The summed E-state index contributed by atoms with van der Waals surface area (Å²) in [4.78, 5) is 9.41. The van der Waals surface area contributed by atoms with Crippen molar-refractivity contribution in [2.45, 2.75) is 91.3 Å². The molecule has 3 heterocycles. The van der Waals surface area contributed by atoms with Crippen molar-refractivity contribution in [3.63, 3.8) is 0 Å². The molecular weight excluding hydrogens is 947 g/mol. The zero-order valence-corrected chi connectivity index (χ0v) is 38.6. The molecule has 0 aliphatic heterocycles. The third kappa shape index (κ3) is 9.28. The fourth-order valence-electron chi connectivity index (χ4n) is 8.88. The smallest absolute Gasteiger partial charge is 0.123 e. The Labute approximate surface area is 395 Å². The predicted octanol–water partition coefficient (Wildman–Crippen LogP) is 16.0. The van der Waals surface area contributed by atoms with E-state index in [-0.39, 0.29) is 31.2 Å². The number of aryl methyl sites for hydroxylation is 2. The summed E-state index contributed by atoms with van der Waals surface area (Å²) in [6, 6.07) is 53.6. The maximum atomic E-state index is 7.28. The number of para-hydroxylation sites is 3. The Hall–Kier alpha value is -5.87. The number of imidazole rings is 1. The van der Waals surface area contributed by atoms with E-state index in [4.69, 9.17) is 17.6 Å². The predicted molar refractivity (Wildman–Crippen MR) is 258 cm³/mol.